The predicted molar refractivity (Wildman–Crippen MR) is 61.7 cm³/mol. The van der Waals surface area contributed by atoms with E-state index in [2.05, 4.69) is 6.07 Å². The molecule has 1 atom stereocenters. The third kappa shape index (κ3) is 2.20. The molecule has 0 heterocycles. The number of aliphatic hydroxyl groups is 1. The fraction of sp³-hybridized carbons (Fsp3) is 0.538. The minimum Gasteiger partial charge on any atom is -0.496 e. The maximum absolute atomic E-state index is 8.80. The van der Waals surface area contributed by atoms with E-state index in [4.69, 9.17) is 14.6 Å². The average molecular weight is 222 g/mol. The summed E-state index contributed by atoms with van der Waals surface area (Å²) in [6.07, 6.45) is 3.31. The summed E-state index contributed by atoms with van der Waals surface area (Å²) in [4.78, 5) is 0. The van der Waals surface area contributed by atoms with Crippen LogP contribution in [0.25, 0.3) is 0 Å². The molecule has 0 saturated carbocycles. The minimum atomic E-state index is 0.0792. The Hall–Kier alpha value is -1.06. The van der Waals surface area contributed by atoms with E-state index in [0.29, 0.717) is 6.61 Å². The van der Waals surface area contributed by atoms with Crippen molar-refractivity contribution < 1.29 is 14.6 Å². The van der Waals surface area contributed by atoms with E-state index in [0.717, 1.165) is 25.0 Å². The second-order valence-electron chi connectivity index (χ2n) is 4.00. The lowest BCUT2D eigenvalue weighted by Gasteiger charge is -2.26. The topological polar surface area (TPSA) is 38.7 Å². The first-order valence-electron chi connectivity index (χ1n) is 5.75. The molecule has 0 aliphatic heterocycles. The van der Waals surface area contributed by atoms with Gasteiger partial charge in [-0.3, -0.25) is 0 Å². The summed E-state index contributed by atoms with van der Waals surface area (Å²) in [5.74, 6) is 0.954. The smallest absolute Gasteiger partial charge is 0.122 e. The third-order valence-electron chi connectivity index (χ3n) is 3.04. The number of rotatable bonds is 4. The quantitative estimate of drug-likeness (QED) is 0.847. The normalized spacial score (nSPS) is 19.2. The second kappa shape index (κ2) is 5.32. The summed E-state index contributed by atoms with van der Waals surface area (Å²) in [7, 11) is 1.70. The average Bonchev–Trinajstić information content (AvgIpc) is 2.35. The summed E-state index contributed by atoms with van der Waals surface area (Å²) >= 11 is 0. The van der Waals surface area contributed by atoms with E-state index in [1.54, 1.807) is 7.11 Å². The molecule has 16 heavy (non-hydrogen) atoms. The molecule has 0 amide bonds. The maximum atomic E-state index is 8.80. The van der Waals surface area contributed by atoms with Gasteiger partial charge in [-0.05, 0) is 36.5 Å². The molecule has 0 aromatic heterocycles. The van der Waals surface area contributed by atoms with Crippen LogP contribution in [-0.4, -0.2) is 25.4 Å². The molecule has 2 rings (SSSR count). The number of fused-ring (bicyclic) bond motifs is 1. The summed E-state index contributed by atoms with van der Waals surface area (Å²) in [5.41, 5.74) is 2.48. The maximum Gasteiger partial charge on any atom is 0.122 e. The van der Waals surface area contributed by atoms with Crippen LogP contribution in [0.15, 0.2) is 18.2 Å². The van der Waals surface area contributed by atoms with Gasteiger partial charge in [-0.25, -0.2) is 0 Å². The van der Waals surface area contributed by atoms with Crippen molar-refractivity contribution >= 4 is 0 Å². The molecule has 1 aromatic rings. The highest BCUT2D eigenvalue weighted by Crippen LogP contribution is 2.36. The zero-order valence-corrected chi connectivity index (χ0v) is 9.61. The molecule has 1 aromatic carbocycles. The number of aliphatic hydroxyl groups excluding tert-OH is 1. The molecule has 3 heteroatoms. The van der Waals surface area contributed by atoms with Crippen LogP contribution in [0.3, 0.4) is 0 Å². The van der Waals surface area contributed by atoms with Crippen molar-refractivity contribution in [3.05, 3.63) is 29.3 Å². The lowest BCUT2D eigenvalue weighted by Crippen LogP contribution is -2.15. The van der Waals surface area contributed by atoms with Gasteiger partial charge in [0, 0.05) is 0 Å². The van der Waals surface area contributed by atoms with Crippen LogP contribution in [0.5, 0.6) is 5.75 Å². The third-order valence-corrected chi connectivity index (χ3v) is 3.04. The van der Waals surface area contributed by atoms with Gasteiger partial charge in [-0.1, -0.05) is 12.1 Å². The summed E-state index contributed by atoms with van der Waals surface area (Å²) in [6, 6.07) is 6.09. The zero-order valence-electron chi connectivity index (χ0n) is 9.61. The van der Waals surface area contributed by atoms with Crippen LogP contribution in [0.1, 0.15) is 30.1 Å². The van der Waals surface area contributed by atoms with Crippen molar-refractivity contribution in [2.24, 2.45) is 0 Å². The number of methoxy groups -OCH3 is 1. The first-order valence-corrected chi connectivity index (χ1v) is 5.75. The Labute approximate surface area is 96.0 Å². The number of ether oxygens (including phenoxy) is 2. The van der Waals surface area contributed by atoms with Crippen molar-refractivity contribution in [2.75, 3.05) is 20.3 Å². The predicted octanol–water partition coefficient (Wildman–Crippen LogP) is 2.08. The molecule has 0 bridgehead atoms. The molecule has 0 spiro atoms. The van der Waals surface area contributed by atoms with E-state index in [-0.39, 0.29) is 12.7 Å². The van der Waals surface area contributed by atoms with Crippen molar-refractivity contribution in [1.29, 1.82) is 0 Å². The molecular weight excluding hydrogens is 204 g/mol. The zero-order chi connectivity index (χ0) is 11.4. The summed E-state index contributed by atoms with van der Waals surface area (Å²) in [5, 5.41) is 8.80. The largest absolute Gasteiger partial charge is 0.496 e. The Kier molecular flexibility index (Phi) is 3.80. The van der Waals surface area contributed by atoms with E-state index >= 15 is 0 Å². The number of hydrogen-bond acceptors (Lipinski definition) is 3. The first-order chi connectivity index (χ1) is 7.86. The van der Waals surface area contributed by atoms with Crippen molar-refractivity contribution in [1.82, 2.24) is 0 Å². The number of hydrogen-bond donors (Lipinski definition) is 1. The van der Waals surface area contributed by atoms with Crippen molar-refractivity contribution in [2.45, 2.75) is 25.4 Å². The van der Waals surface area contributed by atoms with Crippen LogP contribution in [0.4, 0.5) is 0 Å². The lowest BCUT2D eigenvalue weighted by atomic mass is 9.88. The molecule has 1 unspecified atom stereocenters. The van der Waals surface area contributed by atoms with Gasteiger partial charge in [0.2, 0.25) is 0 Å². The molecule has 1 N–H and O–H groups in total. The van der Waals surface area contributed by atoms with Gasteiger partial charge in [0.15, 0.2) is 0 Å². The van der Waals surface area contributed by atoms with Crippen LogP contribution >= 0.6 is 0 Å². The Bertz CT molecular complexity index is 349. The molecule has 0 saturated heterocycles. The summed E-state index contributed by atoms with van der Waals surface area (Å²) < 4.78 is 11.0. The van der Waals surface area contributed by atoms with Gasteiger partial charge in [0.1, 0.15) is 5.75 Å². The van der Waals surface area contributed by atoms with Gasteiger partial charge in [-0.2, -0.15) is 0 Å². The van der Waals surface area contributed by atoms with E-state index in [1.807, 2.05) is 12.1 Å². The highest BCUT2D eigenvalue weighted by Gasteiger charge is 2.22. The molecule has 0 radical (unpaired) electrons. The van der Waals surface area contributed by atoms with Crippen molar-refractivity contribution in [3.8, 4) is 5.75 Å². The SMILES string of the molecule is COc1cccc2c1CCCC2OCCO. The van der Waals surface area contributed by atoms with Crippen LogP contribution in [-0.2, 0) is 11.2 Å². The van der Waals surface area contributed by atoms with E-state index in [9.17, 15) is 0 Å². The molecule has 1 aliphatic carbocycles. The van der Waals surface area contributed by atoms with Crippen LogP contribution in [0, 0.1) is 0 Å². The lowest BCUT2D eigenvalue weighted by molar-refractivity contribution is 0.0181. The molecular formula is C13H18O3. The fourth-order valence-corrected chi connectivity index (χ4v) is 2.33. The highest BCUT2D eigenvalue weighted by molar-refractivity contribution is 5.42. The first kappa shape index (κ1) is 11.4. The van der Waals surface area contributed by atoms with Crippen LogP contribution in [0.2, 0.25) is 0 Å². The Balaban J connectivity index is 2.24. The Morgan fingerprint density at radius 1 is 1.44 bits per heavy atom. The van der Waals surface area contributed by atoms with Crippen molar-refractivity contribution in [3.63, 3.8) is 0 Å². The molecule has 3 nitrogen and oxygen atoms in total. The van der Waals surface area contributed by atoms with Gasteiger partial charge in [0.05, 0.1) is 26.4 Å². The van der Waals surface area contributed by atoms with Gasteiger partial charge in [-0.15, -0.1) is 0 Å². The highest BCUT2D eigenvalue weighted by atomic mass is 16.5. The van der Waals surface area contributed by atoms with Gasteiger partial charge < -0.3 is 14.6 Å². The van der Waals surface area contributed by atoms with E-state index < -0.39 is 0 Å². The summed E-state index contributed by atoms with van der Waals surface area (Å²) in [6.45, 7) is 0.483. The van der Waals surface area contributed by atoms with Gasteiger partial charge >= 0.3 is 0 Å². The Morgan fingerprint density at radius 3 is 3.06 bits per heavy atom. The van der Waals surface area contributed by atoms with Crippen LogP contribution < -0.4 is 4.74 Å². The fourth-order valence-electron chi connectivity index (χ4n) is 2.33. The van der Waals surface area contributed by atoms with Gasteiger partial charge in [0.25, 0.3) is 0 Å². The van der Waals surface area contributed by atoms with E-state index in [1.165, 1.54) is 11.1 Å². The molecule has 88 valence electrons. The second-order valence-corrected chi connectivity index (χ2v) is 4.00. The minimum absolute atomic E-state index is 0.0792. The number of benzene rings is 1. The monoisotopic (exact) mass is 222 g/mol. The Morgan fingerprint density at radius 2 is 2.31 bits per heavy atom. The standard InChI is InChI=1S/C13H18O3/c1-15-12-6-2-5-11-10(12)4-3-7-13(11)16-9-8-14/h2,5-6,13-14H,3-4,7-9H2,1H3. The molecule has 0 fully saturated rings. The molecule has 1 aliphatic rings.